The lowest BCUT2D eigenvalue weighted by atomic mass is 9.76. The van der Waals surface area contributed by atoms with Crippen LogP contribution in [0.3, 0.4) is 0 Å². The van der Waals surface area contributed by atoms with Crippen LogP contribution in [0.2, 0.25) is 0 Å². The van der Waals surface area contributed by atoms with Crippen molar-refractivity contribution in [3.8, 4) is 0 Å². The fourth-order valence-corrected chi connectivity index (χ4v) is 6.14. The van der Waals surface area contributed by atoms with Crippen molar-refractivity contribution in [3.05, 3.63) is 77.5 Å². The van der Waals surface area contributed by atoms with Gasteiger partial charge in [0, 0.05) is 18.2 Å². The largest absolute Gasteiger partial charge is 0.342 e. The zero-order valence-corrected chi connectivity index (χ0v) is 28.8. The molecule has 0 radical (unpaired) electrons. The molecule has 1 unspecified atom stereocenters. The van der Waals surface area contributed by atoms with Gasteiger partial charge in [-0.15, -0.1) is 0 Å². The Bertz CT molecular complexity index is 1440. The van der Waals surface area contributed by atoms with Crippen molar-refractivity contribution in [1.82, 2.24) is 20.3 Å². The minimum Gasteiger partial charge on any atom is -0.342 e. The first-order chi connectivity index (χ1) is 20.2. The molecule has 44 heavy (non-hydrogen) atoms. The number of hydrogen-bond donors (Lipinski definition) is 3. The van der Waals surface area contributed by atoms with Crippen molar-refractivity contribution >= 4 is 27.7 Å². The van der Waals surface area contributed by atoms with Gasteiger partial charge in [-0.3, -0.25) is 14.4 Å². The molecule has 0 saturated heterocycles. The zero-order chi connectivity index (χ0) is 33.6. The summed E-state index contributed by atoms with van der Waals surface area (Å²) in [4.78, 5) is 42.2. The summed E-state index contributed by atoms with van der Waals surface area (Å²) in [6.07, 6.45) is 1.60. The van der Waals surface area contributed by atoms with E-state index in [1.165, 1.54) is 17.0 Å². The van der Waals surface area contributed by atoms with E-state index in [9.17, 15) is 22.8 Å². The topological polar surface area (TPSA) is 125 Å². The van der Waals surface area contributed by atoms with Crippen LogP contribution in [0.5, 0.6) is 0 Å². The number of carbonyl (C=O) groups is 3. The summed E-state index contributed by atoms with van der Waals surface area (Å²) >= 11 is 0. The number of carbonyl (C=O) groups excluding carboxylic acids is 3. The van der Waals surface area contributed by atoms with E-state index in [0.29, 0.717) is 5.70 Å². The second-order valence-electron chi connectivity index (χ2n) is 13.3. The Hall–Kier alpha value is -3.50. The molecule has 0 saturated carbocycles. The molecular formula is C34H50N4O5S. The Kier molecular flexibility index (Phi) is 12.1. The second kappa shape index (κ2) is 14.5. The quantitative estimate of drug-likeness (QED) is 0.318. The van der Waals surface area contributed by atoms with Crippen LogP contribution in [0.25, 0.3) is 0 Å². The number of benzene rings is 2. The molecule has 0 aliphatic rings. The molecule has 0 fully saturated rings. The molecule has 3 amide bonds. The van der Waals surface area contributed by atoms with Crippen LogP contribution in [0.4, 0.5) is 0 Å². The van der Waals surface area contributed by atoms with Gasteiger partial charge >= 0.3 is 0 Å². The molecule has 0 heterocycles. The van der Waals surface area contributed by atoms with E-state index in [2.05, 4.69) is 15.4 Å². The fourth-order valence-electron chi connectivity index (χ4n) is 5.07. The van der Waals surface area contributed by atoms with Crippen LogP contribution in [-0.4, -0.2) is 57.2 Å². The van der Waals surface area contributed by atoms with E-state index >= 15 is 0 Å². The van der Waals surface area contributed by atoms with Crippen molar-refractivity contribution in [2.24, 2.45) is 17.3 Å². The van der Waals surface area contributed by atoms with Crippen molar-refractivity contribution in [3.63, 3.8) is 0 Å². The van der Waals surface area contributed by atoms with Crippen molar-refractivity contribution in [2.75, 3.05) is 14.1 Å². The highest BCUT2D eigenvalue weighted by atomic mass is 32.2. The Morgan fingerprint density at radius 1 is 0.841 bits per heavy atom. The van der Waals surface area contributed by atoms with Gasteiger partial charge in [0.15, 0.2) is 0 Å². The van der Waals surface area contributed by atoms with Crippen LogP contribution in [0.15, 0.2) is 71.3 Å². The SMILES string of the molecule is CN[C@H](C(=O)N[C@H](C(=O)N(C)/C(=C/C(C)C(=O)NS(=O)(=O)c1ccc(C)cc1)C(C)C)C(C)(C)C)C(C)(C)c1ccccc1. The number of nitrogens with one attached hydrogen (secondary N) is 3. The summed E-state index contributed by atoms with van der Waals surface area (Å²) in [5.74, 6) is -2.44. The van der Waals surface area contributed by atoms with Gasteiger partial charge in [-0.25, -0.2) is 13.1 Å². The normalized spacial score (nSPS) is 14.9. The average Bonchev–Trinajstić information content (AvgIpc) is 2.93. The number of likely N-dealkylation sites (N-methyl/N-ethyl adjacent to an activating group) is 2. The first-order valence-corrected chi connectivity index (χ1v) is 16.4. The number of nitrogens with zero attached hydrogens (tertiary/aromatic N) is 1. The molecular weight excluding hydrogens is 576 g/mol. The predicted octanol–water partition coefficient (Wildman–Crippen LogP) is 4.53. The Morgan fingerprint density at radius 2 is 1.39 bits per heavy atom. The maximum Gasteiger partial charge on any atom is 0.264 e. The summed E-state index contributed by atoms with van der Waals surface area (Å²) < 4.78 is 27.7. The third kappa shape index (κ3) is 9.01. The summed E-state index contributed by atoms with van der Waals surface area (Å²) in [5.41, 5.74) is 1.17. The lowest BCUT2D eigenvalue weighted by molar-refractivity contribution is -0.138. The lowest BCUT2D eigenvalue weighted by Crippen LogP contribution is -2.60. The Labute approximate surface area is 263 Å². The van der Waals surface area contributed by atoms with Gasteiger partial charge in [-0.2, -0.15) is 0 Å². The van der Waals surface area contributed by atoms with E-state index in [4.69, 9.17) is 0 Å². The van der Waals surface area contributed by atoms with Crippen molar-refractivity contribution < 1.29 is 22.8 Å². The van der Waals surface area contributed by atoms with Gasteiger partial charge in [0.05, 0.1) is 16.9 Å². The Balaban J connectivity index is 2.33. The highest BCUT2D eigenvalue weighted by Gasteiger charge is 2.41. The average molecular weight is 627 g/mol. The third-order valence-corrected chi connectivity index (χ3v) is 9.26. The first-order valence-electron chi connectivity index (χ1n) is 14.9. The smallest absolute Gasteiger partial charge is 0.264 e. The predicted molar refractivity (Wildman–Crippen MR) is 175 cm³/mol. The van der Waals surface area contributed by atoms with Crippen LogP contribution in [0.1, 0.15) is 66.5 Å². The molecule has 3 N–H and O–H groups in total. The van der Waals surface area contributed by atoms with Crippen molar-refractivity contribution in [2.45, 2.75) is 84.7 Å². The molecule has 2 rings (SSSR count). The maximum atomic E-state index is 14.0. The Morgan fingerprint density at radius 3 is 1.86 bits per heavy atom. The summed E-state index contributed by atoms with van der Waals surface area (Å²) in [6, 6.07) is 14.4. The monoisotopic (exact) mass is 626 g/mol. The second-order valence-corrected chi connectivity index (χ2v) is 15.0. The third-order valence-electron chi connectivity index (χ3n) is 7.90. The van der Waals surface area contributed by atoms with Gasteiger partial charge in [0.1, 0.15) is 6.04 Å². The van der Waals surface area contributed by atoms with Gasteiger partial charge in [-0.1, -0.05) is 103 Å². The van der Waals surface area contributed by atoms with E-state index in [-0.39, 0.29) is 22.6 Å². The number of aryl methyl sites for hydroxylation is 1. The lowest BCUT2D eigenvalue weighted by Gasteiger charge is -2.39. The number of sulfonamides is 1. The van der Waals surface area contributed by atoms with E-state index in [1.807, 2.05) is 85.7 Å². The number of amides is 3. The molecule has 10 heteroatoms. The number of hydrogen-bond acceptors (Lipinski definition) is 6. The van der Waals surface area contributed by atoms with E-state index in [1.54, 1.807) is 39.2 Å². The van der Waals surface area contributed by atoms with Crippen LogP contribution < -0.4 is 15.4 Å². The molecule has 9 nitrogen and oxygen atoms in total. The number of allylic oxidation sites excluding steroid dienone is 1. The minimum absolute atomic E-state index is 0.0110. The van der Waals surface area contributed by atoms with Crippen LogP contribution >= 0.6 is 0 Å². The number of rotatable bonds is 12. The molecule has 0 aliphatic carbocycles. The molecule has 2 aromatic rings. The zero-order valence-electron chi connectivity index (χ0n) is 28.0. The van der Waals surface area contributed by atoms with E-state index < -0.39 is 44.8 Å². The first kappa shape index (κ1) is 36.7. The maximum absolute atomic E-state index is 14.0. The van der Waals surface area contributed by atoms with Gasteiger partial charge in [0.25, 0.3) is 10.0 Å². The van der Waals surface area contributed by atoms with Gasteiger partial charge < -0.3 is 15.5 Å². The molecule has 242 valence electrons. The fraction of sp³-hybridized carbons (Fsp3) is 0.500. The summed E-state index contributed by atoms with van der Waals surface area (Å²) in [7, 11) is -0.736. The summed E-state index contributed by atoms with van der Waals surface area (Å²) in [5, 5.41) is 6.15. The van der Waals surface area contributed by atoms with Gasteiger partial charge in [-0.05, 0) is 49.9 Å². The molecule has 0 aliphatic heterocycles. The molecule has 0 bridgehead atoms. The van der Waals surface area contributed by atoms with E-state index in [0.717, 1.165) is 11.1 Å². The molecule has 0 aromatic heterocycles. The molecule has 3 atom stereocenters. The molecule has 0 spiro atoms. The standard InChI is InChI=1S/C34H50N4O5S/c1-22(2)27(21-24(4)30(39)37-44(42,43)26-19-17-23(3)18-20-26)38(11)32(41)29(33(5,6)7)36-31(40)28(35-10)34(8,9)25-15-13-12-14-16-25/h12-22,24,28-29,35H,1-11H3,(H,36,40)(H,37,39)/b27-21+/t24?,28-,29-/m1/s1. The molecule has 2 aromatic carbocycles. The summed E-state index contributed by atoms with van der Waals surface area (Å²) in [6.45, 7) is 16.8. The van der Waals surface area contributed by atoms with Crippen LogP contribution in [0, 0.1) is 24.2 Å². The highest BCUT2D eigenvalue weighted by Crippen LogP contribution is 2.29. The highest BCUT2D eigenvalue weighted by molar-refractivity contribution is 7.90. The minimum atomic E-state index is -4.07. The van der Waals surface area contributed by atoms with Crippen molar-refractivity contribution in [1.29, 1.82) is 0 Å². The van der Waals surface area contributed by atoms with Gasteiger partial charge in [0.2, 0.25) is 17.7 Å². The van der Waals surface area contributed by atoms with Crippen LogP contribution in [-0.2, 0) is 29.8 Å².